The molecule has 96 valence electrons. The van der Waals surface area contributed by atoms with Crippen LogP contribution in [0.4, 0.5) is 0 Å². The van der Waals surface area contributed by atoms with Crippen LogP contribution in [0.1, 0.15) is 27.7 Å². The van der Waals surface area contributed by atoms with Crippen LogP contribution in [-0.2, 0) is 4.79 Å². The van der Waals surface area contributed by atoms with Crippen LogP contribution in [0, 0.1) is 5.41 Å². The van der Waals surface area contributed by atoms with E-state index in [1.54, 1.807) is 0 Å². The second-order valence-corrected chi connectivity index (χ2v) is 5.29. The van der Waals surface area contributed by atoms with Crippen molar-refractivity contribution in [3.8, 4) is 0 Å². The summed E-state index contributed by atoms with van der Waals surface area (Å²) in [5.41, 5.74) is 5.18. The van der Waals surface area contributed by atoms with Crippen LogP contribution in [0.2, 0.25) is 0 Å². The minimum atomic E-state index is -0.462. The Hall–Kier alpha value is -0.610. The van der Waals surface area contributed by atoms with Gasteiger partial charge in [0, 0.05) is 25.7 Å². The Bertz CT molecular complexity index is 226. The molecule has 4 heteroatoms. The maximum atomic E-state index is 12.3. The van der Waals surface area contributed by atoms with E-state index in [9.17, 15) is 4.79 Å². The highest BCUT2D eigenvalue weighted by atomic mass is 16.2. The summed E-state index contributed by atoms with van der Waals surface area (Å²) in [5, 5.41) is 0. The second kappa shape index (κ2) is 6.21. The maximum absolute atomic E-state index is 12.3. The van der Waals surface area contributed by atoms with E-state index in [4.69, 9.17) is 5.73 Å². The van der Waals surface area contributed by atoms with Crippen molar-refractivity contribution in [3.63, 3.8) is 0 Å². The van der Waals surface area contributed by atoms with E-state index in [-0.39, 0.29) is 11.9 Å². The Morgan fingerprint density at radius 1 is 1.38 bits per heavy atom. The molecule has 0 aliphatic rings. The van der Waals surface area contributed by atoms with E-state index < -0.39 is 5.41 Å². The third kappa shape index (κ3) is 4.10. The van der Waals surface area contributed by atoms with Gasteiger partial charge in [0.05, 0.1) is 5.41 Å². The van der Waals surface area contributed by atoms with Gasteiger partial charge in [-0.15, -0.1) is 0 Å². The van der Waals surface area contributed by atoms with Crippen LogP contribution in [0.15, 0.2) is 0 Å². The van der Waals surface area contributed by atoms with Crippen molar-refractivity contribution in [2.24, 2.45) is 11.1 Å². The molecule has 0 aliphatic heterocycles. The molecule has 0 heterocycles. The highest BCUT2D eigenvalue weighted by Crippen LogP contribution is 2.18. The lowest BCUT2D eigenvalue weighted by Gasteiger charge is -2.35. The summed E-state index contributed by atoms with van der Waals surface area (Å²) in [5.74, 6) is 0.145. The Morgan fingerprint density at radius 2 is 1.88 bits per heavy atom. The molecule has 0 aliphatic carbocycles. The number of likely N-dealkylation sites (N-methyl/N-ethyl adjacent to an activating group) is 2. The molecule has 2 N–H and O–H groups in total. The van der Waals surface area contributed by atoms with Crippen LogP contribution in [0.25, 0.3) is 0 Å². The Labute approximate surface area is 99.8 Å². The van der Waals surface area contributed by atoms with Crippen molar-refractivity contribution < 1.29 is 4.79 Å². The highest BCUT2D eigenvalue weighted by Gasteiger charge is 2.32. The molecule has 0 saturated carbocycles. The summed E-state index contributed by atoms with van der Waals surface area (Å²) in [6.45, 7) is 9.89. The van der Waals surface area contributed by atoms with E-state index >= 15 is 0 Å². The van der Waals surface area contributed by atoms with Crippen molar-refractivity contribution in [3.05, 3.63) is 0 Å². The number of hydrogen-bond donors (Lipinski definition) is 1. The third-order valence-corrected chi connectivity index (χ3v) is 2.85. The molecule has 0 bridgehead atoms. The predicted octanol–water partition coefficient (Wildman–Crippen LogP) is 0.770. The lowest BCUT2D eigenvalue weighted by molar-refractivity contribution is -0.142. The van der Waals surface area contributed by atoms with Gasteiger partial charge in [0.15, 0.2) is 0 Å². The van der Waals surface area contributed by atoms with Crippen molar-refractivity contribution >= 4 is 5.91 Å². The fraction of sp³-hybridized carbons (Fsp3) is 0.917. The van der Waals surface area contributed by atoms with Crippen molar-refractivity contribution in [2.45, 2.75) is 33.7 Å². The van der Waals surface area contributed by atoms with E-state index in [0.29, 0.717) is 6.54 Å². The SMILES string of the molecule is CCN(C(=O)C(C)(C)CN)C(C)CN(C)C. The average molecular weight is 229 g/mol. The second-order valence-electron chi connectivity index (χ2n) is 5.29. The monoisotopic (exact) mass is 229 g/mol. The van der Waals surface area contributed by atoms with Crippen LogP contribution >= 0.6 is 0 Å². The number of carbonyl (C=O) groups is 1. The standard InChI is InChI=1S/C12H27N3O/c1-7-15(10(2)8-14(5)6)11(16)12(3,4)9-13/h10H,7-9,13H2,1-6H3. The van der Waals surface area contributed by atoms with Gasteiger partial charge in [-0.25, -0.2) is 0 Å². The molecule has 0 fully saturated rings. The zero-order valence-corrected chi connectivity index (χ0v) is 11.6. The minimum Gasteiger partial charge on any atom is -0.338 e. The zero-order valence-electron chi connectivity index (χ0n) is 11.6. The first kappa shape index (κ1) is 15.4. The van der Waals surface area contributed by atoms with Crippen LogP contribution in [0.5, 0.6) is 0 Å². The van der Waals surface area contributed by atoms with Crippen molar-refractivity contribution in [1.82, 2.24) is 9.80 Å². The predicted molar refractivity (Wildman–Crippen MR) is 68.2 cm³/mol. The Kier molecular flexibility index (Phi) is 5.97. The summed E-state index contributed by atoms with van der Waals surface area (Å²) >= 11 is 0. The number of carbonyl (C=O) groups excluding carboxylic acids is 1. The number of nitrogens with zero attached hydrogens (tertiary/aromatic N) is 2. The smallest absolute Gasteiger partial charge is 0.229 e. The van der Waals surface area contributed by atoms with Gasteiger partial charge >= 0.3 is 0 Å². The fourth-order valence-corrected chi connectivity index (χ4v) is 1.76. The molecule has 0 radical (unpaired) electrons. The molecule has 16 heavy (non-hydrogen) atoms. The average Bonchev–Trinajstić information content (AvgIpc) is 2.17. The maximum Gasteiger partial charge on any atom is 0.229 e. The largest absolute Gasteiger partial charge is 0.338 e. The van der Waals surface area contributed by atoms with Gasteiger partial charge in [0.1, 0.15) is 0 Å². The molecule has 0 aromatic carbocycles. The molecule has 0 aromatic heterocycles. The van der Waals surface area contributed by atoms with Gasteiger partial charge in [0.2, 0.25) is 5.91 Å². The number of rotatable bonds is 6. The van der Waals surface area contributed by atoms with E-state index in [0.717, 1.165) is 13.1 Å². The first-order chi connectivity index (χ1) is 7.26. The first-order valence-electron chi connectivity index (χ1n) is 5.92. The van der Waals surface area contributed by atoms with E-state index in [2.05, 4.69) is 11.8 Å². The molecule has 0 saturated heterocycles. The molecule has 4 nitrogen and oxygen atoms in total. The van der Waals surface area contributed by atoms with Gasteiger partial charge in [-0.1, -0.05) is 0 Å². The summed E-state index contributed by atoms with van der Waals surface area (Å²) in [4.78, 5) is 16.3. The zero-order chi connectivity index (χ0) is 12.9. The molecular weight excluding hydrogens is 202 g/mol. The molecular formula is C12H27N3O. The first-order valence-corrected chi connectivity index (χ1v) is 5.92. The topological polar surface area (TPSA) is 49.6 Å². The summed E-state index contributed by atoms with van der Waals surface area (Å²) in [7, 11) is 4.03. The van der Waals surface area contributed by atoms with Crippen molar-refractivity contribution in [2.75, 3.05) is 33.7 Å². The van der Waals surface area contributed by atoms with Crippen LogP contribution in [0.3, 0.4) is 0 Å². The highest BCUT2D eigenvalue weighted by molar-refractivity contribution is 5.82. The molecule has 0 rings (SSSR count). The number of nitrogens with two attached hydrogens (primary N) is 1. The van der Waals surface area contributed by atoms with E-state index in [1.165, 1.54) is 0 Å². The minimum absolute atomic E-state index is 0.145. The lowest BCUT2D eigenvalue weighted by atomic mass is 9.91. The summed E-state index contributed by atoms with van der Waals surface area (Å²) in [6, 6.07) is 0.221. The van der Waals surface area contributed by atoms with Crippen LogP contribution in [-0.4, -0.2) is 55.5 Å². The summed E-state index contributed by atoms with van der Waals surface area (Å²) < 4.78 is 0. The van der Waals surface area contributed by atoms with Crippen molar-refractivity contribution in [1.29, 1.82) is 0 Å². The lowest BCUT2D eigenvalue weighted by Crippen LogP contribution is -2.50. The number of hydrogen-bond acceptors (Lipinski definition) is 3. The Balaban J connectivity index is 4.66. The number of amides is 1. The summed E-state index contributed by atoms with van der Waals surface area (Å²) in [6.07, 6.45) is 0. The normalized spacial score (nSPS) is 14.0. The van der Waals surface area contributed by atoms with Gasteiger partial charge in [-0.3, -0.25) is 4.79 Å². The molecule has 0 aromatic rings. The van der Waals surface area contributed by atoms with E-state index in [1.807, 2.05) is 39.8 Å². The third-order valence-electron chi connectivity index (χ3n) is 2.85. The van der Waals surface area contributed by atoms with Gasteiger partial charge in [-0.2, -0.15) is 0 Å². The fourth-order valence-electron chi connectivity index (χ4n) is 1.76. The molecule has 1 unspecified atom stereocenters. The Morgan fingerprint density at radius 3 is 2.19 bits per heavy atom. The van der Waals surface area contributed by atoms with Gasteiger partial charge in [-0.05, 0) is 41.8 Å². The quantitative estimate of drug-likeness (QED) is 0.732. The molecule has 0 spiro atoms. The van der Waals surface area contributed by atoms with Gasteiger partial charge < -0.3 is 15.5 Å². The van der Waals surface area contributed by atoms with Crippen LogP contribution < -0.4 is 5.73 Å². The van der Waals surface area contributed by atoms with Gasteiger partial charge in [0.25, 0.3) is 0 Å². The molecule has 1 atom stereocenters. The molecule has 1 amide bonds.